The van der Waals surface area contributed by atoms with Crippen molar-refractivity contribution in [3.8, 4) is 5.75 Å². The Hall–Kier alpha value is -2.03. The summed E-state index contributed by atoms with van der Waals surface area (Å²) in [6.45, 7) is 3.32. The molecule has 0 amide bonds. The summed E-state index contributed by atoms with van der Waals surface area (Å²) in [4.78, 5) is 10.9. The van der Waals surface area contributed by atoms with E-state index in [-0.39, 0.29) is 0 Å². The fourth-order valence-corrected chi connectivity index (χ4v) is 1.17. The van der Waals surface area contributed by atoms with Crippen LogP contribution in [-0.2, 0) is 4.79 Å². The summed E-state index contributed by atoms with van der Waals surface area (Å²) in [6.07, 6.45) is 2.71. The topological polar surface area (TPSA) is 39.4 Å². The molecule has 1 heterocycles. The zero-order chi connectivity index (χ0) is 9.97. The number of carbonyl (C=O) groups is 1. The Morgan fingerprint density at radius 1 is 1.43 bits per heavy atom. The maximum Gasteiger partial charge on any atom is 0.335 e. The molecule has 0 fully saturated rings. The molecule has 0 aliphatic heterocycles. The zero-order valence-corrected chi connectivity index (χ0v) is 7.40. The van der Waals surface area contributed by atoms with Gasteiger partial charge in [-0.3, -0.25) is 0 Å². The summed E-state index contributed by atoms with van der Waals surface area (Å²) in [7, 11) is 0. The Labute approximate surface area is 80.6 Å². The Bertz CT molecular complexity index is 482. The smallest absolute Gasteiger partial charge is 0.335 e. The monoisotopic (exact) mass is 188 g/mol. The molecule has 2 rings (SSSR count). The standard InChI is InChI=1S/C11H8O3/c1-2-11(12)14-9-3-4-10-8(7-9)5-6-13-10/h2-7H,1H2. The van der Waals surface area contributed by atoms with Crippen molar-refractivity contribution < 1.29 is 13.9 Å². The number of hydrogen-bond donors (Lipinski definition) is 0. The van der Waals surface area contributed by atoms with Crippen LogP contribution in [0.15, 0.2) is 47.6 Å². The molecular weight excluding hydrogens is 180 g/mol. The van der Waals surface area contributed by atoms with E-state index in [0.717, 1.165) is 17.0 Å². The van der Waals surface area contributed by atoms with Gasteiger partial charge in [0.1, 0.15) is 11.3 Å². The second-order valence-corrected chi connectivity index (χ2v) is 2.75. The fraction of sp³-hybridized carbons (Fsp3) is 0. The SMILES string of the molecule is C=CC(=O)Oc1ccc2occc2c1. The molecule has 1 aromatic carbocycles. The molecule has 0 atom stereocenters. The minimum absolute atomic E-state index is 0.465. The van der Waals surface area contributed by atoms with Crippen LogP contribution in [-0.4, -0.2) is 5.97 Å². The van der Waals surface area contributed by atoms with Gasteiger partial charge >= 0.3 is 5.97 Å². The molecule has 0 aliphatic carbocycles. The molecule has 2 aromatic rings. The van der Waals surface area contributed by atoms with Gasteiger partial charge in [0.25, 0.3) is 0 Å². The van der Waals surface area contributed by atoms with E-state index in [1.165, 1.54) is 0 Å². The number of carbonyl (C=O) groups excluding carboxylic acids is 1. The van der Waals surface area contributed by atoms with E-state index in [1.54, 1.807) is 30.5 Å². The molecular formula is C11H8O3. The van der Waals surface area contributed by atoms with Crippen LogP contribution < -0.4 is 4.74 Å². The van der Waals surface area contributed by atoms with Gasteiger partial charge in [-0.15, -0.1) is 0 Å². The van der Waals surface area contributed by atoms with Crippen LogP contribution in [0.2, 0.25) is 0 Å². The van der Waals surface area contributed by atoms with Crippen LogP contribution in [0.25, 0.3) is 11.0 Å². The number of ether oxygens (including phenoxy) is 1. The number of fused-ring (bicyclic) bond motifs is 1. The van der Waals surface area contributed by atoms with Crippen LogP contribution >= 0.6 is 0 Å². The van der Waals surface area contributed by atoms with Gasteiger partial charge in [0.2, 0.25) is 0 Å². The van der Waals surface area contributed by atoms with Crippen molar-refractivity contribution in [1.29, 1.82) is 0 Å². The first-order valence-electron chi connectivity index (χ1n) is 4.11. The van der Waals surface area contributed by atoms with Crippen LogP contribution in [0, 0.1) is 0 Å². The van der Waals surface area contributed by atoms with E-state index >= 15 is 0 Å². The van der Waals surface area contributed by atoms with Gasteiger partial charge in [0.05, 0.1) is 6.26 Å². The fourth-order valence-electron chi connectivity index (χ4n) is 1.17. The van der Waals surface area contributed by atoms with E-state index in [2.05, 4.69) is 6.58 Å². The predicted octanol–water partition coefficient (Wildman–Crippen LogP) is 2.52. The molecule has 0 radical (unpaired) electrons. The molecule has 0 spiro atoms. The van der Waals surface area contributed by atoms with Gasteiger partial charge in [-0.2, -0.15) is 0 Å². The molecule has 0 N–H and O–H groups in total. The maximum absolute atomic E-state index is 10.9. The van der Waals surface area contributed by atoms with Gasteiger partial charge in [-0.25, -0.2) is 4.79 Å². The van der Waals surface area contributed by atoms with E-state index in [0.29, 0.717) is 5.75 Å². The van der Waals surface area contributed by atoms with E-state index in [4.69, 9.17) is 9.15 Å². The molecule has 0 unspecified atom stereocenters. The van der Waals surface area contributed by atoms with Crippen molar-refractivity contribution in [2.45, 2.75) is 0 Å². The van der Waals surface area contributed by atoms with Gasteiger partial charge in [0.15, 0.2) is 0 Å². The van der Waals surface area contributed by atoms with Crippen molar-refractivity contribution in [2.75, 3.05) is 0 Å². The Morgan fingerprint density at radius 2 is 2.29 bits per heavy atom. The lowest BCUT2D eigenvalue weighted by Crippen LogP contribution is -2.02. The van der Waals surface area contributed by atoms with Crippen molar-refractivity contribution >= 4 is 16.9 Å². The first kappa shape index (κ1) is 8.56. The third kappa shape index (κ3) is 1.52. The first-order valence-corrected chi connectivity index (χ1v) is 4.11. The average molecular weight is 188 g/mol. The lowest BCUT2D eigenvalue weighted by molar-refractivity contribution is -0.128. The maximum atomic E-state index is 10.9. The van der Waals surface area contributed by atoms with E-state index < -0.39 is 5.97 Å². The number of benzene rings is 1. The Morgan fingerprint density at radius 3 is 3.07 bits per heavy atom. The highest BCUT2D eigenvalue weighted by atomic mass is 16.5. The van der Waals surface area contributed by atoms with E-state index in [1.807, 2.05) is 0 Å². The molecule has 0 saturated carbocycles. The number of rotatable bonds is 2. The second-order valence-electron chi connectivity index (χ2n) is 2.75. The first-order chi connectivity index (χ1) is 6.79. The summed E-state index contributed by atoms with van der Waals surface area (Å²) in [5, 5.41) is 0.902. The average Bonchev–Trinajstić information content (AvgIpc) is 2.64. The predicted molar refractivity (Wildman–Crippen MR) is 52.0 cm³/mol. The molecule has 3 nitrogen and oxygen atoms in total. The van der Waals surface area contributed by atoms with Crippen LogP contribution in [0.4, 0.5) is 0 Å². The van der Waals surface area contributed by atoms with Gasteiger partial charge < -0.3 is 9.15 Å². The molecule has 14 heavy (non-hydrogen) atoms. The van der Waals surface area contributed by atoms with Gasteiger partial charge in [0, 0.05) is 11.5 Å². The van der Waals surface area contributed by atoms with Crippen LogP contribution in [0.3, 0.4) is 0 Å². The molecule has 0 bridgehead atoms. The number of furan rings is 1. The largest absolute Gasteiger partial charge is 0.464 e. The Kier molecular flexibility index (Phi) is 2.07. The van der Waals surface area contributed by atoms with Crippen LogP contribution in [0.5, 0.6) is 5.75 Å². The number of hydrogen-bond acceptors (Lipinski definition) is 3. The van der Waals surface area contributed by atoms with Crippen molar-refractivity contribution in [2.24, 2.45) is 0 Å². The third-order valence-corrected chi connectivity index (χ3v) is 1.81. The summed E-state index contributed by atoms with van der Waals surface area (Å²) < 4.78 is 10.1. The number of esters is 1. The zero-order valence-electron chi connectivity index (χ0n) is 7.40. The molecule has 3 heteroatoms. The third-order valence-electron chi connectivity index (χ3n) is 1.81. The molecule has 1 aromatic heterocycles. The summed E-state index contributed by atoms with van der Waals surface area (Å²) >= 11 is 0. The molecule has 0 aliphatic rings. The van der Waals surface area contributed by atoms with Crippen LogP contribution in [0.1, 0.15) is 0 Å². The van der Waals surface area contributed by atoms with Gasteiger partial charge in [-0.1, -0.05) is 6.58 Å². The second kappa shape index (κ2) is 3.38. The molecule has 70 valence electrons. The van der Waals surface area contributed by atoms with Crippen molar-refractivity contribution in [1.82, 2.24) is 0 Å². The summed E-state index contributed by atoms with van der Waals surface area (Å²) in [5.41, 5.74) is 0.767. The van der Waals surface area contributed by atoms with E-state index in [9.17, 15) is 4.79 Å². The minimum atomic E-state index is -0.465. The lowest BCUT2D eigenvalue weighted by Gasteiger charge is -1.99. The summed E-state index contributed by atoms with van der Waals surface area (Å²) in [6, 6.07) is 6.97. The quantitative estimate of drug-likeness (QED) is 0.413. The van der Waals surface area contributed by atoms with Crippen molar-refractivity contribution in [3.63, 3.8) is 0 Å². The van der Waals surface area contributed by atoms with Crippen molar-refractivity contribution in [3.05, 3.63) is 43.2 Å². The highest BCUT2D eigenvalue weighted by Crippen LogP contribution is 2.21. The summed E-state index contributed by atoms with van der Waals surface area (Å²) in [5.74, 6) is 0.0247. The highest BCUT2D eigenvalue weighted by Gasteiger charge is 2.02. The lowest BCUT2D eigenvalue weighted by atomic mass is 10.2. The highest BCUT2D eigenvalue weighted by molar-refractivity contribution is 5.85. The minimum Gasteiger partial charge on any atom is -0.464 e. The molecule has 0 saturated heterocycles. The van der Waals surface area contributed by atoms with Gasteiger partial charge in [-0.05, 0) is 24.3 Å². The normalized spacial score (nSPS) is 10.0. The Balaban J connectivity index is 2.34.